The van der Waals surface area contributed by atoms with Gasteiger partial charge in [-0.1, -0.05) is 30.3 Å². The maximum Gasteiger partial charge on any atom is 0.216 e. The van der Waals surface area contributed by atoms with E-state index in [0.717, 1.165) is 4.31 Å². The molecule has 1 N–H and O–H groups in total. The SMILES string of the molecule is CN(C)S(=O)(=O)C[C@@H]1COC[C@@H]1NS(=O)(=O)Cc1ccccc1. The lowest BCUT2D eigenvalue weighted by atomic mass is 10.1. The van der Waals surface area contributed by atoms with E-state index in [9.17, 15) is 16.8 Å². The van der Waals surface area contributed by atoms with E-state index in [1.54, 1.807) is 24.3 Å². The molecule has 1 aliphatic heterocycles. The predicted molar refractivity (Wildman–Crippen MR) is 87.8 cm³/mol. The van der Waals surface area contributed by atoms with Crippen LogP contribution in [0.2, 0.25) is 0 Å². The summed E-state index contributed by atoms with van der Waals surface area (Å²) in [6, 6.07) is 8.30. The zero-order valence-electron chi connectivity index (χ0n) is 13.2. The van der Waals surface area contributed by atoms with Crippen LogP contribution in [-0.4, -0.2) is 60.2 Å². The highest BCUT2D eigenvalue weighted by molar-refractivity contribution is 7.89. The molecule has 1 aromatic rings. The highest BCUT2D eigenvalue weighted by Gasteiger charge is 2.35. The molecule has 0 aromatic heterocycles. The summed E-state index contributed by atoms with van der Waals surface area (Å²) in [6.45, 7) is 0.410. The first-order valence-electron chi connectivity index (χ1n) is 7.21. The summed E-state index contributed by atoms with van der Waals surface area (Å²) >= 11 is 0. The average Bonchev–Trinajstić information content (AvgIpc) is 2.84. The van der Waals surface area contributed by atoms with Gasteiger partial charge in [0.15, 0.2) is 0 Å². The minimum Gasteiger partial charge on any atom is -0.379 e. The number of sulfonamides is 2. The van der Waals surface area contributed by atoms with Crippen molar-refractivity contribution in [3.8, 4) is 0 Å². The molecule has 0 bridgehead atoms. The third-order valence-electron chi connectivity index (χ3n) is 3.71. The van der Waals surface area contributed by atoms with Gasteiger partial charge in [0.1, 0.15) is 0 Å². The lowest BCUT2D eigenvalue weighted by Crippen LogP contribution is -2.43. The Hall–Kier alpha value is -1.00. The normalized spacial score (nSPS) is 22.6. The molecule has 0 amide bonds. The molecule has 0 saturated carbocycles. The average molecular weight is 362 g/mol. The third kappa shape index (κ3) is 5.25. The van der Waals surface area contributed by atoms with Gasteiger partial charge < -0.3 is 4.74 Å². The van der Waals surface area contributed by atoms with Gasteiger partial charge in [0.2, 0.25) is 20.0 Å². The Labute approximate surface area is 137 Å². The molecule has 7 nitrogen and oxygen atoms in total. The summed E-state index contributed by atoms with van der Waals surface area (Å²) in [7, 11) is -4.06. The zero-order chi connectivity index (χ0) is 17.1. The zero-order valence-corrected chi connectivity index (χ0v) is 14.8. The second kappa shape index (κ2) is 7.27. The van der Waals surface area contributed by atoms with Gasteiger partial charge in [-0.3, -0.25) is 0 Å². The summed E-state index contributed by atoms with van der Waals surface area (Å²) < 4.78 is 57.5. The van der Waals surface area contributed by atoms with E-state index in [1.807, 2.05) is 6.07 Å². The Bertz CT molecular complexity index is 717. The van der Waals surface area contributed by atoms with Crippen molar-refractivity contribution in [2.45, 2.75) is 11.8 Å². The molecule has 1 fully saturated rings. The molecule has 0 aliphatic carbocycles. The first-order valence-corrected chi connectivity index (χ1v) is 10.5. The molecule has 0 unspecified atom stereocenters. The third-order valence-corrected chi connectivity index (χ3v) is 7.05. The van der Waals surface area contributed by atoms with Gasteiger partial charge in [-0.25, -0.2) is 25.9 Å². The van der Waals surface area contributed by atoms with Crippen molar-refractivity contribution in [3.05, 3.63) is 35.9 Å². The molecule has 0 radical (unpaired) electrons. The van der Waals surface area contributed by atoms with E-state index in [1.165, 1.54) is 14.1 Å². The summed E-state index contributed by atoms with van der Waals surface area (Å²) in [5.74, 6) is -0.677. The van der Waals surface area contributed by atoms with Crippen molar-refractivity contribution in [1.82, 2.24) is 9.03 Å². The predicted octanol–water partition coefficient (Wildman–Crippen LogP) is 0.0124. The summed E-state index contributed by atoms with van der Waals surface area (Å²) in [4.78, 5) is 0. The Morgan fingerprint density at radius 2 is 1.78 bits per heavy atom. The number of hydrogen-bond donors (Lipinski definition) is 1. The van der Waals surface area contributed by atoms with Crippen molar-refractivity contribution in [3.63, 3.8) is 0 Å². The maximum atomic E-state index is 12.3. The number of nitrogens with zero attached hydrogens (tertiary/aromatic N) is 1. The van der Waals surface area contributed by atoms with Crippen molar-refractivity contribution >= 4 is 20.0 Å². The molecule has 130 valence electrons. The Balaban J connectivity index is 2.03. The quantitative estimate of drug-likeness (QED) is 0.738. The summed E-state index contributed by atoms with van der Waals surface area (Å²) in [5, 5.41) is 0. The summed E-state index contributed by atoms with van der Waals surface area (Å²) in [5.41, 5.74) is 0.677. The second-order valence-electron chi connectivity index (χ2n) is 5.83. The van der Waals surface area contributed by atoms with E-state index in [4.69, 9.17) is 4.74 Å². The topological polar surface area (TPSA) is 92.8 Å². The molecule has 1 aliphatic rings. The van der Waals surface area contributed by atoms with Gasteiger partial charge in [-0.05, 0) is 5.56 Å². The van der Waals surface area contributed by atoms with Gasteiger partial charge in [-0.2, -0.15) is 0 Å². The van der Waals surface area contributed by atoms with Crippen LogP contribution in [-0.2, 0) is 30.5 Å². The highest BCUT2D eigenvalue weighted by atomic mass is 32.2. The minimum atomic E-state index is -3.57. The maximum absolute atomic E-state index is 12.3. The number of hydrogen-bond acceptors (Lipinski definition) is 5. The van der Waals surface area contributed by atoms with Crippen LogP contribution in [0.3, 0.4) is 0 Å². The molecule has 1 saturated heterocycles. The monoisotopic (exact) mass is 362 g/mol. The summed E-state index contributed by atoms with van der Waals surface area (Å²) in [6.07, 6.45) is 0. The molecular formula is C14H22N2O5S2. The van der Waals surface area contributed by atoms with Crippen LogP contribution in [0.4, 0.5) is 0 Å². The van der Waals surface area contributed by atoms with Crippen molar-refractivity contribution in [2.24, 2.45) is 5.92 Å². The van der Waals surface area contributed by atoms with Crippen LogP contribution in [0, 0.1) is 5.92 Å². The van der Waals surface area contributed by atoms with Crippen LogP contribution in [0.1, 0.15) is 5.56 Å². The Morgan fingerprint density at radius 3 is 2.39 bits per heavy atom. The standard InChI is InChI=1S/C14H22N2O5S2/c1-16(2)23(19,20)11-13-8-21-9-14(13)15-22(17,18)10-12-6-4-3-5-7-12/h3-7,13-15H,8-11H2,1-2H3/t13-,14-/m0/s1. The van der Waals surface area contributed by atoms with E-state index >= 15 is 0 Å². The molecule has 2 atom stereocenters. The molecule has 2 rings (SSSR count). The number of nitrogens with one attached hydrogen (secondary N) is 1. The lowest BCUT2D eigenvalue weighted by molar-refractivity contribution is 0.185. The van der Waals surface area contributed by atoms with Crippen molar-refractivity contribution in [1.29, 1.82) is 0 Å². The minimum absolute atomic E-state index is 0.140. The molecule has 1 aromatic carbocycles. The van der Waals surface area contributed by atoms with Gasteiger partial charge in [0.25, 0.3) is 0 Å². The van der Waals surface area contributed by atoms with Crippen molar-refractivity contribution in [2.75, 3.05) is 33.1 Å². The smallest absolute Gasteiger partial charge is 0.216 e. The fourth-order valence-electron chi connectivity index (χ4n) is 2.38. The first-order chi connectivity index (χ1) is 10.7. The molecule has 23 heavy (non-hydrogen) atoms. The fourth-order valence-corrected chi connectivity index (χ4v) is 4.98. The van der Waals surface area contributed by atoms with Crippen LogP contribution in [0.15, 0.2) is 30.3 Å². The molecule has 1 heterocycles. The largest absolute Gasteiger partial charge is 0.379 e. The fraction of sp³-hybridized carbons (Fsp3) is 0.571. The van der Waals surface area contributed by atoms with E-state index in [2.05, 4.69) is 4.72 Å². The first kappa shape index (κ1) is 18.3. The van der Waals surface area contributed by atoms with Crippen LogP contribution in [0.25, 0.3) is 0 Å². The highest BCUT2D eigenvalue weighted by Crippen LogP contribution is 2.18. The van der Waals surface area contributed by atoms with Gasteiger partial charge >= 0.3 is 0 Å². The number of ether oxygens (including phenoxy) is 1. The second-order valence-corrected chi connectivity index (χ2v) is 9.81. The van der Waals surface area contributed by atoms with Crippen LogP contribution < -0.4 is 4.72 Å². The van der Waals surface area contributed by atoms with Gasteiger partial charge in [0, 0.05) is 20.0 Å². The Morgan fingerprint density at radius 1 is 1.13 bits per heavy atom. The van der Waals surface area contributed by atoms with Crippen LogP contribution in [0.5, 0.6) is 0 Å². The van der Waals surface area contributed by atoms with Gasteiger partial charge in [0.05, 0.1) is 30.8 Å². The van der Waals surface area contributed by atoms with E-state index in [-0.39, 0.29) is 24.7 Å². The van der Waals surface area contributed by atoms with E-state index < -0.39 is 32.0 Å². The molecule has 9 heteroatoms. The van der Waals surface area contributed by atoms with Crippen molar-refractivity contribution < 1.29 is 21.6 Å². The van der Waals surface area contributed by atoms with E-state index in [0.29, 0.717) is 5.56 Å². The Kier molecular flexibility index (Phi) is 5.79. The molecular weight excluding hydrogens is 340 g/mol. The number of rotatable bonds is 7. The number of benzene rings is 1. The lowest BCUT2D eigenvalue weighted by Gasteiger charge is -2.21. The molecule has 0 spiro atoms. The van der Waals surface area contributed by atoms with Gasteiger partial charge in [-0.15, -0.1) is 0 Å². The van der Waals surface area contributed by atoms with Crippen LogP contribution >= 0.6 is 0 Å².